The highest BCUT2D eigenvalue weighted by Gasteiger charge is 2.53. The smallest absolute Gasteiger partial charge is 0.209 e. The number of hydrogen-bond donors (Lipinski definition) is 0. The summed E-state index contributed by atoms with van der Waals surface area (Å²) in [5.74, 6) is 3.74. The van der Waals surface area contributed by atoms with Gasteiger partial charge >= 0.3 is 0 Å². The molecular formula is C13H15N3S. The molecule has 1 heterocycles. The van der Waals surface area contributed by atoms with Crippen molar-refractivity contribution in [1.82, 2.24) is 9.36 Å². The van der Waals surface area contributed by atoms with Crippen LogP contribution in [0.1, 0.15) is 49.4 Å². The Bertz CT molecular complexity index is 464. The Hall–Kier alpha value is -0.950. The zero-order valence-electron chi connectivity index (χ0n) is 9.72. The van der Waals surface area contributed by atoms with Crippen LogP contribution in [0.3, 0.4) is 0 Å². The van der Waals surface area contributed by atoms with Crippen molar-refractivity contribution in [3.05, 3.63) is 10.8 Å². The van der Waals surface area contributed by atoms with E-state index in [1.165, 1.54) is 50.1 Å². The number of hydrogen-bond acceptors (Lipinski definition) is 4. The minimum absolute atomic E-state index is 0.250. The van der Waals surface area contributed by atoms with E-state index in [1.54, 1.807) is 0 Å². The number of rotatable bonds is 1. The number of nitrogens with zero attached hydrogens (tertiary/aromatic N) is 3. The van der Waals surface area contributed by atoms with Crippen LogP contribution in [0.4, 0.5) is 0 Å². The van der Waals surface area contributed by atoms with Gasteiger partial charge < -0.3 is 0 Å². The molecule has 1 aromatic rings. The van der Waals surface area contributed by atoms with Crippen LogP contribution in [0.15, 0.2) is 0 Å². The summed E-state index contributed by atoms with van der Waals surface area (Å²) >= 11 is 1.28. The molecule has 0 spiro atoms. The van der Waals surface area contributed by atoms with Crippen LogP contribution in [0.25, 0.3) is 0 Å². The molecule has 0 unspecified atom stereocenters. The Balaban J connectivity index is 1.75. The lowest BCUT2D eigenvalue weighted by atomic mass is 9.49. The van der Waals surface area contributed by atoms with Crippen molar-refractivity contribution in [2.45, 2.75) is 43.9 Å². The van der Waals surface area contributed by atoms with Crippen molar-refractivity contribution < 1.29 is 0 Å². The molecule has 4 heteroatoms. The predicted octanol–water partition coefficient (Wildman–Crippen LogP) is 2.88. The molecule has 4 aliphatic carbocycles. The summed E-state index contributed by atoms with van der Waals surface area (Å²) < 4.78 is 4.49. The Labute approximate surface area is 105 Å². The molecule has 0 aromatic carbocycles. The second kappa shape index (κ2) is 3.29. The Morgan fingerprint density at radius 1 is 1.12 bits per heavy atom. The Morgan fingerprint density at radius 2 is 1.71 bits per heavy atom. The summed E-state index contributed by atoms with van der Waals surface area (Å²) in [4.78, 5) is 4.47. The lowest BCUT2D eigenvalue weighted by Crippen LogP contribution is -2.49. The van der Waals surface area contributed by atoms with Gasteiger partial charge in [0.15, 0.2) is 0 Å². The van der Waals surface area contributed by atoms with Gasteiger partial charge in [-0.05, 0) is 67.8 Å². The van der Waals surface area contributed by atoms with Crippen molar-refractivity contribution in [3.63, 3.8) is 0 Å². The van der Waals surface area contributed by atoms with Gasteiger partial charge in [0.2, 0.25) is 5.01 Å². The van der Waals surface area contributed by atoms with Gasteiger partial charge in [0.1, 0.15) is 11.9 Å². The van der Waals surface area contributed by atoms with Gasteiger partial charge in [-0.25, -0.2) is 4.98 Å². The van der Waals surface area contributed by atoms with E-state index in [-0.39, 0.29) is 5.41 Å². The van der Waals surface area contributed by atoms with Crippen molar-refractivity contribution in [2.75, 3.05) is 0 Å². The summed E-state index contributed by atoms with van der Waals surface area (Å²) in [6.45, 7) is 0. The maximum absolute atomic E-state index is 8.89. The van der Waals surface area contributed by atoms with E-state index in [2.05, 4.69) is 15.4 Å². The highest BCUT2D eigenvalue weighted by Crippen LogP contribution is 2.60. The first-order valence-corrected chi connectivity index (χ1v) is 7.29. The first-order valence-electron chi connectivity index (χ1n) is 6.52. The van der Waals surface area contributed by atoms with Crippen LogP contribution in [0.2, 0.25) is 0 Å². The standard InChI is InChI=1S/C13H15N3S/c14-7-11-15-12(16-17-11)13-4-8-1-9(5-13)3-10(2-8)6-13/h8-10H,1-6H2. The quantitative estimate of drug-likeness (QED) is 0.764. The van der Waals surface area contributed by atoms with E-state index in [1.807, 2.05) is 0 Å². The van der Waals surface area contributed by atoms with Crippen molar-refractivity contribution in [1.29, 1.82) is 5.26 Å². The van der Waals surface area contributed by atoms with Gasteiger partial charge in [0, 0.05) is 5.41 Å². The van der Waals surface area contributed by atoms with E-state index in [4.69, 9.17) is 5.26 Å². The summed E-state index contributed by atoms with van der Waals surface area (Å²) in [6, 6.07) is 2.12. The Morgan fingerprint density at radius 3 is 2.18 bits per heavy atom. The van der Waals surface area contributed by atoms with Gasteiger partial charge in [-0.15, -0.1) is 0 Å². The fraction of sp³-hybridized carbons (Fsp3) is 0.769. The summed E-state index contributed by atoms with van der Waals surface area (Å²) in [7, 11) is 0. The first kappa shape index (κ1) is 10.0. The Kier molecular flexibility index (Phi) is 1.94. The molecule has 5 rings (SSSR count). The molecule has 4 aliphatic rings. The average molecular weight is 245 g/mol. The maximum Gasteiger partial charge on any atom is 0.214 e. The second-order valence-corrected chi connectivity index (χ2v) is 6.98. The highest BCUT2D eigenvalue weighted by atomic mass is 32.1. The normalized spacial score (nSPS) is 42.6. The van der Waals surface area contributed by atoms with Crippen LogP contribution >= 0.6 is 11.5 Å². The largest absolute Gasteiger partial charge is 0.214 e. The van der Waals surface area contributed by atoms with E-state index in [0.29, 0.717) is 5.01 Å². The molecule has 0 N–H and O–H groups in total. The van der Waals surface area contributed by atoms with E-state index >= 15 is 0 Å². The third kappa shape index (κ3) is 1.38. The molecule has 4 saturated carbocycles. The molecule has 3 nitrogen and oxygen atoms in total. The van der Waals surface area contributed by atoms with E-state index < -0.39 is 0 Å². The minimum atomic E-state index is 0.250. The fourth-order valence-electron chi connectivity index (χ4n) is 4.87. The van der Waals surface area contributed by atoms with Crippen LogP contribution in [-0.4, -0.2) is 9.36 Å². The molecule has 1 aromatic heterocycles. The third-order valence-corrected chi connectivity index (χ3v) is 5.65. The molecule has 0 radical (unpaired) electrons. The van der Waals surface area contributed by atoms with Gasteiger partial charge in [-0.3, -0.25) is 0 Å². The average Bonchev–Trinajstić information content (AvgIpc) is 2.76. The first-order chi connectivity index (χ1) is 8.27. The van der Waals surface area contributed by atoms with Gasteiger partial charge in [0.25, 0.3) is 0 Å². The fourth-order valence-corrected chi connectivity index (χ4v) is 5.44. The highest BCUT2D eigenvalue weighted by molar-refractivity contribution is 7.06. The second-order valence-electron chi connectivity index (χ2n) is 6.23. The SMILES string of the molecule is N#Cc1nc(C23CC4CC(CC(C4)C2)C3)ns1. The lowest BCUT2D eigenvalue weighted by Gasteiger charge is -2.55. The monoisotopic (exact) mass is 245 g/mol. The molecule has 0 saturated heterocycles. The lowest BCUT2D eigenvalue weighted by molar-refractivity contribution is -0.00886. The zero-order chi connectivity index (χ0) is 11.5. The van der Waals surface area contributed by atoms with Gasteiger partial charge in [-0.1, -0.05) is 0 Å². The summed E-state index contributed by atoms with van der Waals surface area (Å²) in [5, 5.41) is 9.43. The molecule has 0 atom stereocenters. The minimum Gasteiger partial charge on any atom is -0.209 e. The molecule has 4 fully saturated rings. The number of aromatic nitrogens is 2. The van der Waals surface area contributed by atoms with Crippen LogP contribution in [0.5, 0.6) is 0 Å². The number of nitriles is 1. The van der Waals surface area contributed by atoms with Gasteiger partial charge in [0.05, 0.1) is 0 Å². The van der Waals surface area contributed by atoms with E-state index in [0.717, 1.165) is 23.6 Å². The molecule has 17 heavy (non-hydrogen) atoms. The molecule has 88 valence electrons. The molecule has 0 aliphatic heterocycles. The van der Waals surface area contributed by atoms with Crippen LogP contribution in [-0.2, 0) is 5.41 Å². The summed E-state index contributed by atoms with van der Waals surface area (Å²) in [5.41, 5.74) is 0.250. The summed E-state index contributed by atoms with van der Waals surface area (Å²) in [6.07, 6.45) is 8.15. The molecular weight excluding hydrogens is 230 g/mol. The van der Waals surface area contributed by atoms with Crippen LogP contribution < -0.4 is 0 Å². The molecule has 0 amide bonds. The van der Waals surface area contributed by atoms with Crippen molar-refractivity contribution in [2.24, 2.45) is 17.8 Å². The van der Waals surface area contributed by atoms with E-state index in [9.17, 15) is 0 Å². The van der Waals surface area contributed by atoms with Crippen molar-refractivity contribution in [3.8, 4) is 6.07 Å². The molecule has 4 bridgehead atoms. The van der Waals surface area contributed by atoms with Crippen molar-refractivity contribution >= 4 is 11.5 Å². The zero-order valence-corrected chi connectivity index (χ0v) is 10.5. The van der Waals surface area contributed by atoms with Crippen LogP contribution in [0, 0.1) is 29.1 Å². The predicted molar refractivity (Wildman–Crippen MR) is 64.5 cm³/mol. The maximum atomic E-state index is 8.89. The topological polar surface area (TPSA) is 49.6 Å². The van der Waals surface area contributed by atoms with Gasteiger partial charge in [-0.2, -0.15) is 9.64 Å². The third-order valence-electron chi connectivity index (χ3n) is 5.03.